The Morgan fingerprint density at radius 1 is 1.30 bits per heavy atom. The molecule has 3 rings (SSSR count). The molecule has 0 aromatic carbocycles. The lowest BCUT2D eigenvalue weighted by molar-refractivity contribution is -0.124. The molecule has 20 heavy (non-hydrogen) atoms. The molecule has 1 amide bonds. The molecule has 102 valence electrons. The smallest absolute Gasteiger partial charge is 0.254 e. The van der Waals surface area contributed by atoms with E-state index in [2.05, 4.69) is 15.3 Å². The summed E-state index contributed by atoms with van der Waals surface area (Å²) in [5.74, 6) is 0.408. The minimum atomic E-state index is -0.348. The van der Waals surface area contributed by atoms with Crippen LogP contribution in [0.2, 0.25) is 0 Å². The lowest BCUT2D eigenvalue weighted by Crippen LogP contribution is -2.27. The van der Waals surface area contributed by atoms with Gasteiger partial charge in [0.2, 0.25) is 0 Å². The number of anilines is 1. The van der Waals surface area contributed by atoms with Gasteiger partial charge in [-0.3, -0.25) is 9.78 Å². The molecule has 0 spiro atoms. The highest BCUT2D eigenvalue weighted by Gasteiger charge is 2.23. The van der Waals surface area contributed by atoms with E-state index in [1.54, 1.807) is 18.5 Å². The molecule has 0 saturated carbocycles. The molecule has 1 saturated heterocycles. The van der Waals surface area contributed by atoms with Gasteiger partial charge in [0.25, 0.3) is 5.91 Å². The molecule has 1 aliphatic rings. The van der Waals surface area contributed by atoms with Gasteiger partial charge in [0, 0.05) is 24.6 Å². The van der Waals surface area contributed by atoms with Gasteiger partial charge < -0.3 is 10.1 Å². The van der Waals surface area contributed by atoms with Crippen molar-refractivity contribution in [3.63, 3.8) is 0 Å². The Labute approximate surface area is 117 Å². The summed E-state index contributed by atoms with van der Waals surface area (Å²) in [6, 6.07) is 9.31. The van der Waals surface area contributed by atoms with Crippen LogP contribution < -0.4 is 5.32 Å². The van der Waals surface area contributed by atoms with Crippen molar-refractivity contribution in [2.45, 2.75) is 18.9 Å². The molecule has 0 aliphatic carbocycles. The summed E-state index contributed by atoms with van der Waals surface area (Å²) in [5.41, 5.74) is 1.70. The number of pyridine rings is 2. The normalized spacial score (nSPS) is 17.9. The molecule has 1 atom stereocenters. The molecule has 0 radical (unpaired) electrons. The topological polar surface area (TPSA) is 64.1 Å². The highest BCUT2D eigenvalue weighted by Crippen LogP contribution is 2.18. The highest BCUT2D eigenvalue weighted by molar-refractivity contribution is 5.93. The molecule has 1 fully saturated rings. The molecule has 1 aliphatic heterocycles. The van der Waals surface area contributed by atoms with Gasteiger partial charge in [-0.05, 0) is 37.1 Å². The van der Waals surface area contributed by atoms with Crippen molar-refractivity contribution in [2.75, 3.05) is 11.9 Å². The molecule has 5 heteroatoms. The SMILES string of the molecule is O=C(Nc1cccc(-c2cccnc2)n1)[C@@H]1CCCO1. The number of carbonyl (C=O) groups is 1. The summed E-state index contributed by atoms with van der Waals surface area (Å²) in [5, 5.41) is 2.80. The Morgan fingerprint density at radius 3 is 3.00 bits per heavy atom. The summed E-state index contributed by atoms with van der Waals surface area (Å²) in [7, 11) is 0. The maximum Gasteiger partial charge on any atom is 0.254 e. The summed E-state index contributed by atoms with van der Waals surface area (Å²) < 4.78 is 5.35. The van der Waals surface area contributed by atoms with Crippen molar-refractivity contribution in [1.29, 1.82) is 0 Å². The zero-order valence-electron chi connectivity index (χ0n) is 11.0. The molecule has 3 heterocycles. The van der Waals surface area contributed by atoms with Gasteiger partial charge in [0.1, 0.15) is 11.9 Å². The number of hydrogen-bond acceptors (Lipinski definition) is 4. The Kier molecular flexibility index (Phi) is 3.69. The summed E-state index contributed by atoms with van der Waals surface area (Å²) >= 11 is 0. The monoisotopic (exact) mass is 269 g/mol. The Balaban J connectivity index is 1.76. The number of hydrogen-bond donors (Lipinski definition) is 1. The van der Waals surface area contributed by atoms with E-state index < -0.39 is 0 Å². The fraction of sp³-hybridized carbons (Fsp3) is 0.267. The minimum absolute atomic E-state index is 0.127. The van der Waals surface area contributed by atoms with E-state index in [1.807, 2.05) is 24.3 Å². The average Bonchev–Trinajstić information content (AvgIpc) is 3.03. The molecular formula is C15H15N3O2. The van der Waals surface area contributed by atoms with E-state index in [9.17, 15) is 4.79 Å². The molecule has 1 N–H and O–H groups in total. The van der Waals surface area contributed by atoms with Crippen LogP contribution in [0.5, 0.6) is 0 Å². The average molecular weight is 269 g/mol. The number of ether oxygens (including phenoxy) is 1. The van der Waals surface area contributed by atoms with Crippen molar-refractivity contribution < 1.29 is 9.53 Å². The van der Waals surface area contributed by atoms with Gasteiger partial charge in [-0.2, -0.15) is 0 Å². The zero-order valence-corrected chi connectivity index (χ0v) is 11.0. The van der Waals surface area contributed by atoms with Crippen LogP contribution in [0.1, 0.15) is 12.8 Å². The molecular weight excluding hydrogens is 254 g/mol. The number of amides is 1. The predicted molar refractivity (Wildman–Crippen MR) is 75.1 cm³/mol. The highest BCUT2D eigenvalue weighted by atomic mass is 16.5. The maximum absolute atomic E-state index is 12.0. The first-order valence-electron chi connectivity index (χ1n) is 6.63. The van der Waals surface area contributed by atoms with Gasteiger partial charge >= 0.3 is 0 Å². The number of nitrogens with zero attached hydrogens (tertiary/aromatic N) is 2. The van der Waals surface area contributed by atoms with Crippen LogP contribution in [0.25, 0.3) is 11.3 Å². The van der Waals surface area contributed by atoms with Gasteiger partial charge in [0.05, 0.1) is 5.69 Å². The van der Waals surface area contributed by atoms with Crippen LogP contribution >= 0.6 is 0 Å². The summed E-state index contributed by atoms with van der Waals surface area (Å²) in [4.78, 5) is 20.5. The van der Waals surface area contributed by atoms with Crippen LogP contribution in [0.3, 0.4) is 0 Å². The van der Waals surface area contributed by atoms with Gasteiger partial charge in [-0.15, -0.1) is 0 Å². The van der Waals surface area contributed by atoms with Crippen LogP contribution in [-0.2, 0) is 9.53 Å². The van der Waals surface area contributed by atoms with Crippen LogP contribution in [0, 0.1) is 0 Å². The predicted octanol–water partition coefficient (Wildman–Crippen LogP) is 2.26. The maximum atomic E-state index is 12.0. The number of rotatable bonds is 3. The van der Waals surface area contributed by atoms with Crippen LogP contribution in [0.4, 0.5) is 5.82 Å². The van der Waals surface area contributed by atoms with Gasteiger partial charge in [0.15, 0.2) is 0 Å². The fourth-order valence-electron chi connectivity index (χ4n) is 2.17. The zero-order chi connectivity index (χ0) is 13.8. The van der Waals surface area contributed by atoms with E-state index in [0.717, 1.165) is 24.1 Å². The van der Waals surface area contributed by atoms with Crippen molar-refractivity contribution in [3.8, 4) is 11.3 Å². The minimum Gasteiger partial charge on any atom is -0.368 e. The van der Waals surface area contributed by atoms with E-state index in [4.69, 9.17) is 4.74 Å². The van der Waals surface area contributed by atoms with E-state index in [0.29, 0.717) is 12.4 Å². The first-order valence-corrected chi connectivity index (χ1v) is 6.63. The number of carbonyl (C=O) groups excluding carboxylic acids is 1. The van der Waals surface area contributed by atoms with E-state index >= 15 is 0 Å². The Morgan fingerprint density at radius 2 is 2.25 bits per heavy atom. The second kappa shape index (κ2) is 5.79. The largest absolute Gasteiger partial charge is 0.368 e. The third-order valence-electron chi connectivity index (χ3n) is 3.18. The molecule has 2 aromatic heterocycles. The number of aromatic nitrogens is 2. The standard InChI is InChI=1S/C15H15N3O2/c19-15(13-6-3-9-20-13)18-14-7-1-5-12(17-14)11-4-2-8-16-10-11/h1-2,4-5,7-8,10,13H,3,6,9H2,(H,17,18,19)/t13-/m0/s1. The van der Waals surface area contributed by atoms with Gasteiger partial charge in [-0.25, -0.2) is 4.98 Å². The lowest BCUT2D eigenvalue weighted by atomic mass is 10.2. The first kappa shape index (κ1) is 12.7. The van der Waals surface area contributed by atoms with Crippen molar-refractivity contribution in [3.05, 3.63) is 42.7 Å². The Hall–Kier alpha value is -2.27. The molecule has 0 unspecified atom stereocenters. The number of nitrogens with one attached hydrogen (secondary N) is 1. The lowest BCUT2D eigenvalue weighted by Gasteiger charge is -2.10. The van der Waals surface area contributed by atoms with Crippen molar-refractivity contribution in [1.82, 2.24) is 9.97 Å². The third-order valence-corrected chi connectivity index (χ3v) is 3.18. The summed E-state index contributed by atoms with van der Waals surface area (Å²) in [6.45, 7) is 0.654. The quantitative estimate of drug-likeness (QED) is 0.928. The van der Waals surface area contributed by atoms with E-state index in [1.165, 1.54) is 0 Å². The Bertz CT molecular complexity index is 595. The van der Waals surface area contributed by atoms with Crippen molar-refractivity contribution >= 4 is 11.7 Å². The third kappa shape index (κ3) is 2.83. The molecule has 2 aromatic rings. The van der Waals surface area contributed by atoms with Crippen LogP contribution in [0.15, 0.2) is 42.7 Å². The fourth-order valence-corrected chi connectivity index (χ4v) is 2.17. The van der Waals surface area contributed by atoms with E-state index in [-0.39, 0.29) is 12.0 Å². The molecule has 0 bridgehead atoms. The first-order chi connectivity index (χ1) is 9.83. The summed E-state index contributed by atoms with van der Waals surface area (Å²) in [6.07, 6.45) is 4.81. The second-order valence-corrected chi connectivity index (χ2v) is 4.64. The van der Waals surface area contributed by atoms with Crippen LogP contribution in [-0.4, -0.2) is 28.6 Å². The van der Waals surface area contributed by atoms with Crippen molar-refractivity contribution in [2.24, 2.45) is 0 Å². The second-order valence-electron chi connectivity index (χ2n) is 4.64. The molecule has 5 nitrogen and oxygen atoms in total. The van der Waals surface area contributed by atoms with Gasteiger partial charge in [-0.1, -0.05) is 6.07 Å².